The Morgan fingerprint density at radius 2 is 1.38 bits per heavy atom. The van der Waals surface area contributed by atoms with E-state index in [1.807, 2.05) is 6.07 Å². The third kappa shape index (κ3) is 4.72. The second-order valence-corrected chi connectivity index (χ2v) is 5.34. The standard InChI is InChI=1S/C18H22N2O/c19-13-17(18(20)21)12-16-10-8-15(9-11-16)7-6-14-4-2-1-3-5-14/h1-5,8-11,17H,6-7,12-13,19H2,(H2,20,21). The Balaban J connectivity index is 1.91. The SMILES string of the molecule is NCC(Cc1ccc(CCc2ccccc2)cc1)C(N)=O. The highest BCUT2D eigenvalue weighted by molar-refractivity contribution is 5.77. The Morgan fingerprint density at radius 3 is 1.90 bits per heavy atom. The molecule has 0 radical (unpaired) electrons. The molecule has 0 aliphatic carbocycles. The van der Waals surface area contributed by atoms with Gasteiger partial charge in [0, 0.05) is 6.54 Å². The molecule has 0 aliphatic rings. The maximum absolute atomic E-state index is 11.2. The fraction of sp³-hybridized carbons (Fsp3) is 0.278. The van der Waals surface area contributed by atoms with Crippen LogP contribution in [0, 0.1) is 5.92 Å². The molecule has 2 aromatic carbocycles. The van der Waals surface area contributed by atoms with Crippen LogP contribution in [-0.4, -0.2) is 12.5 Å². The molecule has 0 aliphatic heterocycles. The van der Waals surface area contributed by atoms with E-state index in [1.165, 1.54) is 11.1 Å². The lowest BCUT2D eigenvalue weighted by atomic mass is 9.97. The first-order valence-electron chi connectivity index (χ1n) is 7.30. The van der Waals surface area contributed by atoms with Gasteiger partial charge in [0.2, 0.25) is 5.91 Å². The highest BCUT2D eigenvalue weighted by Gasteiger charge is 2.13. The van der Waals surface area contributed by atoms with E-state index in [0.29, 0.717) is 13.0 Å². The first kappa shape index (κ1) is 15.3. The predicted octanol–water partition coefficient (Wildman–Crippen LogP) is 2.07. The molecule has 110 valence electrons. The Morgan fingerprint density at radius 1 is 0.857 bits per heavy atom. The summed E-state index contributed by atoms with van der Waals surface area (Å²) in [4.78, 5) is 11.2. The number of hydrogen-bond acceptors (Lipinski definition) is 2. The quantitative estimate of drug-likeness (QED) is 0.816. The number of benzene rings is 2. The molecule has 3 nitrogen and oxygen atoms in total. The zero-order valence-electron chi connectivity index (χ0n) is 12.2. The van der Waals surface area contributed by atoms with Crippen molar-refractivity contribution >= 4 is 5.91 Å². The minimum absolute atomic E-state index is 0.278. The largest absolute Gasteiger partial charge is 0.369 e. The molecule has 2 rings (SSSR count). The fourth-order valence-electron chi connectivity index (χ4n) is 2.36. The van der Waals surface area contributed by atoms with Gasteiger partial charge in [-0.2, -0.15) is 0 Å². The average Bonchev–Trinajstić information content (AvgIpc) is 2.52. The van der Waals surface area contributed by atoms with Gasteiger partial charge in [-0.1, -0.05) is 54.6 Å². The van der Waals surface area contributed by atoms with Crippen molar-refractivity contribution in [1.82, 2.24) is 0 Å². The lowest BCUT2D eigenvalue weighted by molar-refractivity contribution is -0.121. The van der Waals surface area contributed by atoms with Gasteiger partial charge in [0.05, 0.1) is 5.92 Å². The van der Waals surface area contributed by atoms with Crippen molar-refractivity contribution in [1.29, 1.82) is 0 Å². The zero-order chi connectivity index (χ0) is 15.1. The molecule has 0 spiro atoms. The molecule has 21 heavy (non-hydrogen) atoms. The molecule has 0 heterocycles. The number of rotatable bonds is 7. The van der Waals surface area contributed by atoms with Gasteiger partial charge < -0.3 is 11.5 Å². The van der Waals surface area contributed by atoms with E-state index in [4.69, 9.17) is 11.5 Å². The van der Waals surface area contributed by atoms with Crippen LogP contribution >= 0.6 is 0 Å². The van der Waals surface area contributed by atoms with Crippen LogP contribution < -0.4 is 11.5 Å². The number of aryl methyl sites for hydroxylation is 2. The van der Waals surface area contributed by atoms with E-state index < -0.39 is 0 Å². The summed E-state index contributed by atoms with van der Waals surface area (Å²) in [6.45, 7) is 0.297. The van der Waals surface area contributed by atoms with Crippen molar-refractivity contribution in [2.45, 2.75) is 19.3 Å². The lowest BCUT2D eigenvalue weighted by Gasteiger charge is -2.11. The minimum Gasteiger partial charge on any atom is -0.369 e. The van der Waals surface area contributed by atoms with E-state index in [0.717, 1.165) is 18.4 Å². The second kappa shape index (κ2) is 7.60. The number of carbonyl (C=O) groups excluding carboxylic acids is 1. The van der Waals surface area contributed by atoms with E-state index in [9.17, 15) is 4.79 Å². The van der Waals surface area contributed by atoms with E-state index in [2.05, 4.69) is 48.5 Å². The average molecular weight is 282 g/mol. The summed E-state index contributed by atoms with van der Waals surface area (Å²) in [6.07, 6.45) is 2.66. The molecule has 1 amide bonds. The van der Waals surface area contributed by atoms with Crippen molar-refractivity contribution < 1.29 is 4.79 Å². The van der Waals surface area contributed by atoms with Gasteiger partial charge in [-0.3, -0.25) is 4.79 Å². The predicted molar refractivity (Wildman–Crippen MR) is 85.7 cm³/mol. The topological polar surface area (TPSA) is 69.1 Å². The molecule has 1 atom stereocenters. The number of nitrogens with two attached hydrogens (primary N) is 2. The van der Waals surface area contributed by atoms with Crippen LogP contribution in [0.4, 0.5) is 0 Å². The van der Waals surface area contributed by atoms with Gasteiger partial charge in [-0.05, 0) is 36.0 Å². The number of amides is 1. The molecule has 0 aromatic heterocycles. The van der Waals surface area contributed by atoms with E-state index >= 15 is 0 Å². The summed E-state index contributed by atoms with van der Waals surface area (Å²) in [7, 11) is 0. The third-order valence-corrected chi connectivity index (χ3v) is 3.74. The van der Waals surface area contributed by atoms with Crippen LogP contribution in [0.15, 0.2) is 54.6 Å². The summed E-state index contributed by atoms with van der Waals surface area (Å²) < 4.78 is 0. The van der Waals surface area contributed by atoms with Gasteiger partial charge in [-0.15, -0.1) is 0 Å². The first-order valence-corrected chi connectivity index (χ1v) is 7.30. The van der Waals surface area contributed by atoms with Gasteiger partial charge >= 0.3 is 0 Å². The summed E-state index contributed by atoms with van der Waals surface area (Å²) in [5, 5.41) is 0. The van der Waals surface area contributed by atoms with Crippen molar-refractivity contribution in [3.8, 4) is 0 Å². The minimum atomic E-state index is -0.328. The highest BCUT2D eigenvalue weighted by atomic mass is 16.1. The van der Waals surface area contributed by atoms with Gasteiger partial charge in [0.1, 0.15) is 0 Å². The Hall–Kier alpha value is -2.13. The molecule has 2 aromatic rings. The molecular weight excluding hydrogens is 260 g/mol. The second-order valence-electron chi connectivity index (χ2n) is 5.34. The van der Waals surface area contributed by atoms with Crippen molar-refractivity contribution in [3.63, 3.8) is 0 Å². The lowest BCUT2D eigenvalue weighted by Crippen LogP contribution is -2.31. The van der Waals surface area contributed by atoms with Crippen LogP contribution in [-0.2, 0) is 24.1 Å². The van der Waals surface area contributed by atoms with Crippen molar-refractivity contribution in [2.24, 2.45) is 17.4 Å². The monoisotopic (exact) mass is 282 g/mol. The Labute approximate surface area is 126 Å². The molecule has 0 fully saturated rings. The summed E-state index contributed by atoms with van der Waals surface area (Å²) in [5.41, 5.74) is 14.6. The maximum Gasteiger partial charge on any atom is 0.222 e. The Bertz CT molecular complexity index is 564. The van der Waals surface area contributed by atoms with Crippen LogP contribution in [0.2, 0.25) is 0 Å². The fourth-order valence-corrected chi connectivity index (χ4v) is 2.36. The van der Waals surface area contributed by atoms with Gasteiger partial charge in [-0.25, -0.2) is 0 Å². The van der Waals surface area contributed by atoms with E-state index in [-0.39, 0.29) is 11.8 Å². The number of primary amides is 1. The Kier molecular flexibility index (Phi) is 5.52. The van der Waals surface area contributed by atoms with E-state index in [1.54, 1.807) is 0 Å². The normalized spacial score (nSPS) is 12.0. The smallest absolute Gasteiger partial charge is 0.222 e. The van der Waals surface area contributed by atoms with Gasteiger partial charge in [0.25, 0.3) is 0 Å². The van der Waals surface area contributed by atoms with Crippen LogP contribution in [0.25, 0.3) is 0 Å². The molecule has 4 N–H and O–H groups in total. The summed E-state index contributed by atoms with van der Waals surface area (Å²) in [5.74, 6) is -0.606. The van der Waals surface area contributed by atoms with Crippen LogP contribution in [0.1, 0.15) is 16.7 Å². The highest BCUT2D eigenvalue weighted by Crippen LogP contribution is 2.12. The maximum atomic E-state index is 11.2. The van der Waals surface area contributed by atoms with Gasteiger partial charge in [0.15, 0.2) is 0 Å². The number of hydrogen-bond donors (Lipinski definition) is 2. The van der Waals surface area contributed by atoms with Crippen LogP contribution in [0.5, 0.6) is 0 Å². The molecular formula is C18H22N2O. The number of carbonyl (C=O) groups is 1. The molecule has 0 bridgehead atoms. The summed E-state index contributed by atoms with van der Waals surface area (Å²) >= 11 is 0. The van der Waals surface area contributed by atoms with Crippen molar-refractivity contribution in [2.75, 3.05) is 6.54 Å². The van der Waals surface area contributed by atoms with Crippen LogP contribution in [0.3, 0.4) is 0 Å². The third-order valence-electron chi connectivity index (χ3n) is 3.74. The summed E-state index contributed by atoms with van der Waals surface area (Å²) in [6, 6.07) is 18.8. The molecule has 0 saturated heterocycles. The molecule has 0 saturated carbocycles. The van der Waals surface area contributed by atoms with Crippen molar-refractivity contribution in [3.05, 3.63) is 71.3 Å². The zero-order valence-corrected chi connectivity index (χ0v) is 12.2. The first-order chi connectivity index (χ1) is 10.2. The molecule has 3 heteroatoms. The molecule has 1 unspecified atom stereocenters.